The first kappa shape index (κ1) is 15.6. The minimum absolute atomic E-state index is 0.0588. The van der Waals surface area contributed by atoms with Gasteiger partial charge in [0, 0.05) is 27.9 Å². The van der Waals surface area contributed by atoms with Crippen LogP contribution >= 0.6 is 15.9 Å². The van der Waals surface area contributed by atoms with Crippen molar-refractivity contribution in [2.24, 2.45) is 10.8 Å². The summed E-state index contributed by atoms with van der Waals surface area (Å²) in [6, 6.07) is 6.84. The van der Waals surface area contributed by atoms with Crippen LogP contribution in [0.25, 0.3) is 0 Å². The molecule has 1 atom stereocenters. The smallest absolute Gasteiger partial charge is 0.273 e. The zero-order chi connectivity index (χ0) is 15.8. The van der Waals surface area contributed by atoms with Crippen LogP contribution in [0.2, 0.25) is 0 Å². The Labute approximate surface area is 131 Å². The van der Waals surface area contributed by atoms with E-state index < -0.39 is 15.8 Å². The monoisotopic (exact) mass is 350 g/mol. The molecular formula is C15H15BrN2O3. The molecule has 1 unspecified atom stereocenters. The molecule has 0 aliphatic heterocycles. The number of hydrogen-bond donors (Lipinski definition) is 0. The zero-order valence-electron chi connectivity index (χ0n) is 11.9. The van der Waals surface area contributed by atoms with Crippen LogP contribution in [-0.4, -0.2) is 10.7 Å². The number of carbonyl (C=O) groups excluding carboxylic acids is 1. The number of Topliss-reactive ketones (excluding diaryl/α,β-unsaturated/α-hetero) is 1. The van der Waals surface area contributed by atoms with E-state index in [-0.39, 0.29) is 17.9 Å². The Kier molecular flexibility index (Phi) is 3.89. The molecule has 1 aliphatic carbocycles. The standard InChI is InChI=1S/C15H15BrN2O3/c1-14(2)5-6-15(9-17,13(14)19)8-10-3-4-11(16)7-12(10)18(20)21/h3-4,7H,5-6,8H2,1-2H3. The number of nitro groups is 1. The second kappa shape index (κ2) is 5.23. The van der Waals surface area contributed by atoms with E-state index in [0.717, 1.165) is 0 Å². The van der Waals surface area contributed by atoms with Crippen molar-refractivity contribution in [2.45, 2.75) is 33.1 Å². The summed E-state index contributed by atoms with van der Waals surface area (Å²) in [5.41, 5.74) is -1.32. The van der Waals surface area contributed by atoms with Crippen LogP contribution in [0.4, 0.5) is 5.69 Å². The highest BCUT2D eigenvalue weighted by molar-refractivity contribution is 9.10. The van der Waals surface area contributed by atoms with E-state index in [1.165, 1.54) is 6.07 Å². The fourth-order valence-electron chi connectivity index (χ4n) is 2.90. The van der Waals surface area contributed by atoms with Crippen molar-refractivity contribution in [3.05, 3.63) is 38.3 Å². The summed E-state index contributed by atoms with van der Waals surface area (Å²) in [5, 5.41) is 20.7. The van der Waals surface area contributed by atoms with Crippen molar-refractivity contribution >= 4 is 27.4 Å². The molecule has 0 bridgehead atoms. The maximum absolute atomic E-state index is 12.5. The number of halogens is 1. The number of ketones is 1. The Morgan fingerprint density at radius 3 is 2.57 bits per heavy atom. The van der Waals surface area contributed by atoms with Crippen LogP contribution in [-0.2, 0) is 11.2 Å². The van der Waals surface area contributed by atoms with Gasteiger partial charge in [0.25, 0.3) is 5.69 Å². The molecule has 1 aliphatic rings. The summed E-state index contributed by atoms with van der Waals surface area (Å²) in [7, 11) is 0. The van der Waals surface area contributed by atoms with E-state index in [1.54, 1.807) is 12.1 Å². The molecule has 0 saturated heterocycles. The van der Waals surface area contributed by atoms with Gasteiger partial charge in [-0.1, -0.05) is 35.8 Å². The van der Waals surface area contributed by atoms with Gasteiger partial charge in [-0.2, -0.15) is 5.26 Å². The van der Waals surface area contributed by atoms with E-state index in [1.807, 2.05) is 13.8 Å². The maximum Gasteiger partial charge on any atom is 0.273 e. The molecule has 1 fully saturated rings. The predicted octanol–water partition coefficient (Wildman–Crippen LogP) is 3.80. The number of carbonyl (C=O) groups is 1. The van der Waals surface area contributed by atoms with Gasteiger partial charge in [-0.25, -0.2) is 0 Å². The zero-order valence-corrected chi connectivity index (χ0v) is 13.4. The third kappa shape index (κ3) is 2.70. The molecule has 0 amide bonds. The molecule has 0 radical (unpaired) electrons. The first-order chi connectivity index (χ1) is 9.72. The average molecular weight is 351 g/mol. The maximum atomic E-state index is 12.5. The molecule has 110 valence electrons. The van der Waals surface area contributed by atoms with Gasteiger partial charge in [0.1, 0.15) is 5.41 Å². The van der Waals surface area contributed by atoms with Crippen LogP contribution < -0.4 is 0 Å². The van der Waals surface area contributed by atoms with Gasteiger partial charge in [0.05, 0.1) is 11.0 Å². The summed E-state index contributed by atoms with van der Waals surface area (Å²) in [5.74, 6) is -0.116. The molecule has 0 N–H and O–H groups in total. The predicted molar refractivity (Wildman–Crippen MR) is 80.6 cm³/mol. The molecular weight excluding hydrogens is 336 g/mol. The molecule has 2 rings (SSSR count). The fraction of sp³-hybridized carbons (Fsp3) is 0.467. The van der Waals surface area contributed by atoms with Crippen LogP contribution in [0.1, 0.15) is 32.3 Å². The Bertz CT molecular complexity index is 663. The van der Waals surface area contributed by atoms with Crippen molar-refractivity contribution in [1.82, 2.24) is 0 Å². The first-order valence-corrected chi connectivity index (χ1v) is 7.40. The molecule has 21 heavy (non-hydrogen) atoms. The molecule has 6 heteroatoms. The van der Waals surface area contributed by atoms with Crippen molar-refractivity contribution in [3.63, 3.8) is 0 Å². The first-order valence-electron chi connectivity index (χ1n) is 6.61. The van der Waals surface area contributed by atoms with Gasteiger partial charge in [-0.05, 0) is 18.9 Å². The van der Waals surface area contributed by atoms with E-state index in [2.05, 4.69) is 22.0 Å². The molecule has 1 saturated carbocycles. The number of nitriles is 1. The van der Waals surface area contributed by atoms with E-state index in [4.69, 9.17) is 0 Å². The Hall–Kier alpha value is -1.74. The van der Waals surface area contributed by atoms with Gasteiger partial charge in [0.15, 0.2) is 5.78 Å². The Morgan fingerprint density at radius 2 is 2.10 bits per heavy atom. The van der Waals surface area contributed by atoms with Gasteiger partial charge < -0.3 is 0 Å². The third-order valence-electron chi connectivity index (χ3n) is 4.18. The normalized spacial score (nSPS) is 23.8. The summed E-state index contributed by atoms with van der Waals surface area (Å²) in [6.07, 6.45) is 1.17. The lowest BCUT2D eigenvalue weighted by Gasteiger charge is -2.22. The third-order valence-corrected chi connectivity index (χ3v) is 4.67. The second-order valence-electron chi connectivity index (χ2n) is 6.11. The van der Waals surface area contributed by atoms with Crippen molar-refractivity contribution in [2.75, 3.05) is 0 Å². The minimum Gasteiger partial charge on any atom is -0.297 e. The number of nitro benzene ring substituents is 1. The quantitative estimate of drug-likeness (QED) is 0.612. The Morgan fingerprint density at radius 1 is 1.43 bits per heavy atom. The van der Waals surface area contributed by atoms with Gasteiger partial charge in [-0.15, -0.1) is 0 Å². The lowest BCUT2D eigenvalue weighted by Crippen LogP contribution is -2.33. The molecule has 5 nitrogen and oxygen atoms in total. The average Bonchev–Trinajstić information content (AvgIpc) is 2.65. The summed E-state index contributed by atoms with van der Waals surface area (Å²) < 4.78 is 0.599. The summed E-state index contributed by atoms with van der Waals surface area (Å²) in [6.45, 7) is 3.65. The molecule has 0 spiro atoms. The van der Waals surface area contributed by atoms with Gasteiger partial charge in [0.2, 0.25) is 0 Å². The molecule has 0 heterocycles. The van der Waals surface area contributed by atoms with Crippen molar-refractivity contribution in [3.8, 4) is 6.07 Å². The lowest BCUT2D eigenvalue weighted by atomic mass is 9.76. The SMILES string of the molecule is CC1(C)CCC(C#N)(Cc2ccc(Br)cc2[N+](=O)[O-])C1=O. The summed E-state index contributed by atoms with van der Waals surface area (Å²) in [4.78, 5) is 23.2. The highest BCUT2D eigenvalue weighted by atomic mass is 79.9. The van der Waals surface area contributed by atoms with E-state index in [0.29, 0.717) is 22.9 Å². The van der Waals surface area contributed by atoms with Crippen molar-refractivity contribution < 1.29 is 9.72 Å². The number of benzene rings is 1. The van der Waals surface area contributed by atoms with Crippen molar-refractivity contribution in [1.29, 1.82) is 5.26 Å². The minimum atomic E-state index is -1.15. The number of rotatable bonds is 3. The van der Waals surface area contributed by atoms with Gasteiger partial charge in [-0.3, -0.25) is 14.9 Å². The Balaban J connectivity index is 2.44. The lowest BCUT2D eigenvalue weighted by molar-refractivity contribution is -0.385. The number of hydrogen-bond acceptors (Lipinski definition) is 4. The highest BCUT2D eigenvalue weighted by Crippen LogP contribution is 2.48. The van der Waals surface area contributed by atoms with Crippen LogP contribution in [0, 0.1) is 32.3 Å². The van der Waals surface area contributed by atoms with Crippen LogP contribution in [0.5, 0.6) is 0 Å². The molecule has 1 aromatic rings. The topological polar surface area (TPSA) is 84.0 Å². The summed E-state index contributed by atoms with van der Waals surface area (Å²) >= 11 is 3.20. The molecule has 1 aromatic carbocycles. The molecule has 0 aromatic heterocycles. The highest BCUT2D eigenvalue weighted by Gasteiger charge is 2.52. The number of nitrogens with zero attached hydrogens (tertiary/aromatic N) is 2. The van der Waals surface area contributed by atoms with Gasteiger partial charge >= 0.3 is 0 Å². The largest absolute Gasteiger partial charge is 0.297 e. The van der Waals surface area contributed by atoms with E-state index >= 15 is 0 Å². The van der Waals surface area contributed by atoms with Crippen LogP contribution in [0.3, 0.4) is 0 Å². The second-order valence-corrected chi connectivity index (χ2v) is 7.03. The van der Waals surface area contributed by atoms with Crippen LogP contribution in [0.15, 0.2) is 22.7 Å². The fourth-order valence-corrected chi connectivity index (χ4v) is 3.25. The van der Waals surface area contributed by atoms with E-state index in [9.17, 15) is 20.2 Å².